The molecule has 0 amide bonds. The second-order valence-corrected chi connectivity index (χ2v) is 6.86. The summed E-state index contributed by atoms with van der Waals surface area (Å²) < 4.78 is 5.66. The fraction of sp³-hybridized carbons (Fsp3) is 0.938. The molecule has 0 aromatic heterocycles. The maximum atomic E-state index is 11.7. The van der Waals surface area contributed by atoms with Gasteiger partial charge in [0.15, 0.2) is 0 Å². The first kappa shape index (κ1) is 15.0. The number of rotatable bonds is 4. The predicted octanol–water partition coefficient (Wildman–Crippen LogP) is 3.03. The topological polar surface area (TPSA) is 29.5 Å². The molecule has 1 saturated carbocycles. The average Bonchev–Trinajstić information content (AvgIpc) is 2.65. The van der Waals surface area contributed by atoms with E-state index in [0.29, 0.717) is 0 Å². The van der Waals surface area contributed by atoms with E-state index in [0.717, 1.165) is 38.9 Å². The molecule has 0 spiro atoms. The van der Waals surface area contributed by atoms with Crippen LogP contribution in [0.15, 0.2) is 0 Å². The Balaban J connectivity index is 1.99. The molecular weight excluding hydrogens is 238 g/mol. The Bertz CT molecular complexity index is 297. The number of hydrogen-bond acceptors (Lipinski definition) is 3. The molecule has 2 fully saturated rings. The molecule has 0 bridgehead atoms. The maximum Gasteiger partial charge on any atom is 0.127 e. The molecule has 0 radical (unpaired) electrons. The summed E-state index contributed by atoms with van der Waals surface area (Å²) in [6.45, 7) is 5.23. The molecule has 3 nitrogen and oxygen atoms in total. The Kier molecular flexibility index (Phi) is 5.02. The summed E-state index contributed by atoms with van der Waals surface area (Å²) in [6, 6.07) is 0. The van der Waals surface area contributed by atoms with E-state index in [-0.39, 0.29) is 11.0 Å². The molecule has 0 N–H and O–H groups in total. The van der Waals surface area contributed by atoms with Crippen LogP contribution in [-0.2, 0) is 9.53 Å². The van der Waals surface area contributed by atoms with Crippen molar-refractivity contribution in [2.75, 3.05) is 26.7 Å². The van der Waals surface area contributed by atoms with Crippen molar-refractivity contribution in [2.24, 2.45) is 5.41 Å². The standard InChI is InChI=1S/C16H29NO2/c1-15(19-2)8-7-11-17(12-15)13-16(14-18)9-5-3-4-6-10-16/h14H,3-13H2,1-2H3. The lowest BCUT2D eigenvalue weighted by Gasteiger charge is -2.42. The molecule has 1 aliphatic heterocycles. The molecule has 110 valence electrons. The van der Waals surface area contributed by atoms with Gasteiger partial charge in [-0.15, -0.1) is 0 Å². The zero-order valence-electron chi connectivity index (χ0n) is 12.6. The van der Waals surface area contributed by atoms with Crippen molar-refractivity contribution in [3.63, 3.8) is 0 Å². The highest BCUT2D eigenvalue weighted by Gasteiger charge is 2.37. The smallest absolute Gasteiger partial charge is 0.127 e. The summed E-state index contributed by atoms with van der Waals surface area (Å²) in [5.74, 6) is 0. The second-order valence-electron chi connectivity index (χ2n) is 6.86. The zero-order chi connectivity index (χ0) is 13.8. The van der Waals surface area contributed by atoms with E-state index in [1.54, 1.807) is 0 Å². The van der Waals surface area contributed by atoms with Crippen molar-refractivity contribution in [1.29, 1.82) is 0 Å². The van der Waals surface area contributed by atoms with Crippen LogP contribution in [0.3, 0.4) is 0 Å². The molecule has 19 heavy (non-hydrogen) atoms. The van der Waals surface area contributed by atoms with E-state index in [2.05, 4.69) is 11.8 Å². The van der Waals surface area contributed by atoms with Gasteiger partial charge in [-0.3, -0.25) is 4.90 Å². The summed E-state index contributed by atoms with van der Waals surface area (Å²) in [4.78, 5) is 14.1. The maximum absolute atomic E-state index is 11.7. The van der Waals surface area contributed by atoms with Gasteiger partial charge in [-0.2, -0.15) is 0 Å². The minimum Gasteiger partial charge on any atom is -0.377 e. The molecular formula is C16H29NO2. The van der Waals surface area contributed by atoms with Crippen LogP contribution in [0, 0.1) is 5.41 Å². The predicted molar refractivity (Wildman–Crippen MR) is 77.3 cm³/mol. The highest BCUT2D eigenvalue weighted by Crippen LogP contribution is 2.35. The van der Waals surface area contributed by atoms with Crippen molar-refractivity contribution in [3.05, 3.63) is 0 Å². The minimum absolute atomic E-state index is 0.0208. The third kappa shape index (κ3) is 3.79. The zero-order valence-corrected chi connectivity index (χ0v) is 12.6. The number of carbonyl (C=O) groups is 1. The number of nitrogens with zero attached hydrogens (tertiary/aromatic N) is 1. The normalized spacial score (nSPS) is 32.7. The molecule has 3 heteroatoms. The monoisotopic (exact) mass is 267 g/mol. The van der Waals surface area contributed by atoms with E-state index in [1.807, 2.05) is 7.11 Å². The molecule has 1 heterocycles. The first-order valence-corrected chi connectivity index (χ1v) is 7.85. The molecule has 2 rings (SSSR count). The lowest BCUT2D eigenvalue weighted by Crippen LogP contribution is -2.51. The van der Waals surface area contributed by atoms with Crippen molar-refractivity contribution < 1.29 is 9.53 Å². The summed E-state index contributed by atoms with van der Waals surface area (Å²) in [5.41, 5.74) is -0.102. The van der Waals surface area contributed by atoms with Crippen LogP contribution >= 0.6 is 0 Å². The number of ether oxygens (including phenoxy) is 1. The Morgan fingerprint density at radius 3 is 2.37 bits per heavy atom. The molecule has 1 aliphatic carbocycles. The quantitative estimate of drug-likeness (QED) is 0.579. The van der Waals surface area contributed by atoms with Gasteiger partial charge in [0.2, 0.25) is 0 Å². The second kappa shape index (κ2) is 6.36. The minimum atomic E-state index is -0.0809. The van der Waals surface area contributed by atoms with Crippen LogP contribution in [0.25, 0.3) is 0 Å². The molecule has 2 aliphatic rings. The number of piperidine rings is 1. The van der Waals surface area contributed by atoms with Gasteiger partial charge in [0.1, 0.15) is 6.29 Å². The van der Waals surface area contributed by atoms with E-state index in [4.69, 9.17) is 4.74 Å². The van der Waals surface area contributed by atoms with Crippen molar-refractivity contribution in [1.82, 2.24) is 4.90 Å². The highest BCUT2D eigenvalue weighted by atomic mass is 16.5. The first-order chi connectivity index (χ1) is 9.11. The largest absolute Gasteiger partial charge is 0.377 e. The molecule has 0 aromatic carbocycles. The lowest BCUT2D eigenvalue weighted by atomic mass is 9.80. The lowest BCUT2D eigenvalue weighted by molar-refractivity contribution is -0.120. The van der Waals surface area contributed by atoms with E-state index in [9.17, 15) is 4.79 Å². The summed E-state index contributed by atoms with van der Waals surface area (Å²) in [7, 11) is 1.81. The van der Waals surface area contributed by atoms with E-state index < -0.39 is 0 Å². The third-order valence-corrected chi connectivity index (χ3v) is 5.12. The first-order valence-electron chi connectivity index (χ1n) is 7.85. The van der Waals surface area contributed by atoms with Gasteiger partial charge < -0.3 is 9.53 Å². The summed E-state index contributed by atoms with van der Waals surface area (Å²) in [6.07, 6.45) is 10.8. The number of carbonyl (C=O) groups excluding carboxylic acids is 1. The number of methoxy groups -OCH3 is 1. The molecule has 1 atom stereocenters. The van der Waals surface area contributed by atoms with Gasteiger partial charge in [-0.25, -0.2) is 0 Å². The van der Waals surface area contributed by atoms with Crippen LogP contribution in [0.1, 0.15) is 58.3 Å². The summed E-state index contributed by atoms with van der Waals surface area (Å²) >= 11 is 0. The van der Waals surface area contributed by atoms with Crippen molar-refractivity contribution in [2.45, 2.75) is 63.9 Å². The van der Waals surface area contributed by atoms with Crippen LogP contribution in [0.4, 0.5) is 0 Å². The van der Waals surface area contributed by atoms with Gasteiger partial charge in [0.05, 0.1) is 5.60 Å². The SMILES string of the molecule is COC1(C)CCCN(CC2(C=O)CCCCCC2)C1. The molecule has 1 saturated heterocycles. The third-order valence-electron chi connectivity index (χ3n) is 5.12. The fourth-order valence-electron chi connectivity index (χ4n) is 3.80. The van der Waals surface area contributed by atoms with Gasteiger partial charge in [-0.1, -0.05) is 25.7 Å². The average molecular weight is 267 g/mol. The van der Waals surface area contributed by atoms with Gasteiger partial charge >= 0.3 is 0 Å². The molecule has 0 aromatic rings. The van der Waals surface area contributed by atoms with Crippen LogP contribution < -0.4 is 0 Å². The van der Waals surface area contributed by atoms with E-state index in [1.165, 1.54) is 38.4 Å². The highest BCUT2D eigenvalue weighted by molar-refractivity contribution is 5.59. The van der Waals surface area contributed by atoms with Crippen molar-refractivity contribution >= 4 is 6.29 Å². The number of likely N-dealkylation sites (tertiary alicyclic amines) is 1. The number of hydrogen-bond donors (Lipinski definition) is 0. The van der Waals surface area contributed by atoms with Gasteiger partial charge in [0, 0.05) is 25.6 Å². The van der Waals surface area contributed by atoms with E-state index >= 15 is 0 Å². The summed E-state index contributed by atoms with van der Waals surface area (Å²) in [5, 5.41) is 0. The Labute approximate surface area is 117 Å². The molecule has 1 unspecified atom stereocenters. The Hall–Kier alpha value is -0.410. The fourth-order valence-corrected chi connectivity index (χ4v) is 3.80. The Morgan fingerprint density at radius 1 is 1.11 bits per heavy atom. The Morgan fingerprint density at radius 2 is 1.79 bits per heavy atom. The van der Waals surface area contributed by atoms with Crippen LogP contribution in [0.5, 0.6) is 0 Å². The van der Waals surface area contributed by atoms with Crippen LogP contribution in [-0.4, -0.2) is 43.5 Å². The van der Waals surface area contributed by atoms with Crippen molar-refractivity contribution in [3.8, 4) is 0 Å². The van der Waals surface area contributed by atoms with Crippen LogP contribution in [0.2, 0.25) is 0 Å². The number of aldehydes is 1. The van der Waals surface area contributed by atoms with Gasteiger partial charge in [0.25, 0.3) is 0 Å². The van der Waals surface area contributed by atoms with Gasteiger partial charge in [-0.05, 0) is 39.2 Å².